The molecule has 136 valence electrons. The van der Waals surface area contributed by atoms with Crippen LogP contribution in [0.2, 0.25) is 0 Å². The molecule has 0 aliphatic carbocycles. The lowest BCUT2D eigenvalue weighted by molar-refractivity contribution is 0.0721. The third kappa shape index (κ3) is 3.57. The van der Waals surface area contributed by atoms with Crippen LogP contribution in [0.15, 0.2) is 40.8 Å². The fourth-order valence-electron chi connectivity index (χ4n) is 3.42. The summed E-state index contributed by atoms with van der Waals surface area (Å²) in [5, 5.41) is 14.1. The lowest BCUT2D eigenvalue weighted by Crippen LogP contribution is -2.15. The smallest absolute Gasteiger partial charge is 0.230 e. The van der Waals surface area contributed by atoms with Crippen LogP contribution in [0.25, 0.3) is 10.8 Å². The van der Waals surface area contributed by atoms with E-state index in [4.69, 9.17) is 13.9 Å². The largest absolute Gasteiger partial charge is 0.496 e. The highest BCUT2D eigenvalue weighted by Gasteiger charge is 2.21. The molecule has 1 saturated heterocycles. The molecule has 1 aliphatic heterocycles. The fourth-order valence-corrected chi connectivity index (χ4v) is 3.42. The van der Waals surface area contributed by atoms with E-state index in [9.17, 15) is 0 Å². The molecule has 26 heavy (non-hydrogen) atoms. The highest BCUT2D eigenvalue weighted by molar-refractivity contribution is 5.87. The van der Waals surface area contributed by atoms with Gasteiger partial charge in [-0.1, -0.05) is 30.3 Å². The molecule has 1 aliphatic rings. The minimum Gasteiger partial charge on any atom is -0.496 e. The van der Waals surface area contributed by atoms with Gasteiger partial charge in [0.15, 0.2) is 0 Å². The Morgan fingerprint density at radius 2 is 2.08 bits per heavy atom. The summed E-state index contributed by atoms with van der Waals surface area (Å²) in [5.41, 5.74) is 1.13. The Morgan fingerprint density at radius 3 is 2.92 bits per heavy atom. The van der Waals surface area contributed by atoms with Crippen molar-refractivity contribution in [2.75, 3.05) is 20.3 Å². The molecular weight excluding hydrogens is 330 g/mol. The van der Waals surface area contributed by atoms with E-state index in [0.29, 0.717) is 31.5 Å². The number of fused-ring (bicyclic) bond motifs is 1. The average molecular weight is 353 g/mol. The summed E-state index contributed by atoms with van der Waals surface area (Å²) < 4.78 is 16.8. The molecule has 2 heterocycles. The predicted molar refractivity (Wildman–Crippen MR) is 98.1 cm³/mol. The van der Waals surface area contributed by atoms with Crippen molar-refractivity contribution < 1.29 is 13.9 Å². The van der Waals surface area contributed by atoms with Crippen molar-refractivity contribution in [3.8, 4) is 5.75 Å². The van der Waals surface area contributed by atoms with Gasteiger partial charge >= 0.3 is 0 Å². The summed E-state index contributed by atoms with van der Waals surface area (Å²) in [4.78, 5) is 0. The van der Waals surface area contributed by atoms with Crippen molar-refractivity contribution in [2.24, 2.45) is 0 Å². The molecule has 1 unspecified atom stereocenters. The van der Waals surface area contributed by atoms with Crippen molar-refractivity contribution in [2.45, 2.75) is 31.8 Å². The van der Waals surface area contributed by atoms with Gasteiger partial charge in [-0.05, 0) is 29.7 Å². The summed E-state index contributed by atoms with van der Waals surface area (Å²) in [7, 11) is 1.70. The van der Waals surface area contributed by atoms with Gasteiger partial charge in [0.1, 0.15) is 5.75 Å². The molecule has 2 aromatic carbocycles. The van der Waals surface area contributed by atoms with Gasteiger partial charge in [0, 0.05) is 18.7 Å². The second-order valence-electron chi connectivity index (χ2n) is 6.52. The zero-order chi connectivity index (χ0) is 17.8. The normalized spacial score (nSPS) is 17.5. The summed E-state index contributed by atoms with van der Waals surface area (Å²) in [6.45, 7) is 2.68. The van der Waals surface area contributed by atoms with Gasteiger partial charge in [0.25, 0.3) is 0 Å². The van der Waals surface area contributed by atoms with E-state index in [0.717, 1.165) is 30.8 Å². The van der Waals surface area contributed by atoms with Crippen LogP contribution in [0.5, 0.6) is 5.75 Å². The van der Waals surface area contributed by atoms with E-state index in [-0.39, 0.29) is 5.92 Å². The highest BCUT2D eigenvalue weighted by atomic mass is 16.5. The van der Waals surface area contributed by atoms with Crippen LogP contribution >= 0.6 is 0 Å². The van der Waals surface area contributed by atoms with Gasteiger partial charge in [-0.3, -0.25) is 0 Å². The van der Waals surface area contributed by atoms with Crippen LogP contribution in [0.1, 0.15) is 36.1 Å². The molecule has 0 saturated carbocycles. The van der Waals surface area contributed by atoms with E-state index >= 15 is 0 Å². The number of nitrogens with one attached hydrogen (secondary N) is 1. The minimum atomic E-state index is 0.225. The molecule has 3 aromatic rings. The van der Waals surface area contributed by atoms with Gasteiger partial charge in [0.05, 0.1) is 26.2 Å². The number of nitrogens with zero attached hydrogens (tertiary/aromatic N) is 2. The van der Waals surface area contributed by atoms with Crippen molar-refractivity contribution >= 4 is 10.8 Å². The van der Waals surface area contributed by atoms with Crippen molar-refractivity contribution in [1.29, 1.82) is 0 Å². The number of methoxy groups -OCH3 is 1. The molecule has 0 amide bonds. The van der Waals surface area contributed by atoms with Crippen LogP contribution in [0.4, 0.5) is 0 Å². The molecule has 6 heteroatoms. The minimum absolute atomic E-state index is 0.225. The topological polar surface area (TPSA) is 69.4 Å². The number of benzene rings is 2. The number of ether oxygens (including phenoxy) is 2. The van der Waals surface area contributed by atoms with Gasteiger partial charge < -0.3 is 19.2 Å². The Balaban J connectivity index is 1.43. The summed E-state index contributed by atoms with van der Waals surface area (Å²) in [6.07, 6.45) is 2.09. The van der Waals surface area contributed by atoms with Crippen LogP contribution in [0.3, 0.4) is 0 Å². The second kappa shape index (κ2) is 7.85. The van der Waals surface area contributed by atoms with Gasteiger partial charge in [-0.15, -0.1) is 10.2 Å². The zero-order valence-corrected chi connectivity index (χ0v) is 14.9. The Labute approximate surface area is 152 Å². The second-order valence-corrected chi connectivity index (χ2v) is 6.52. The van der Waals surface area contributed by atoms with Crippen LogP contribution in [0, 0.1) is 0 Å². The fraction of sp³-hybridized carbons (Fsp3) is 0.400. The number of rotatable bonds is 6. The van der Waals surface area contributed by atoms with E-state index in [1.165, 1.54) is 10.8 Å². The quantitative estimate of drug-likeness (QED) is 0.732. The summed E-state index contributed by atoms with van der Waals surface area (Å²) in [5.74, 6) is 2.39. The summed E-state index contributed by atoms with van der Waals surface area (Å²) in [6, 6.07) is 12.4. The monoisotopic (exact) mass is 353 g/mol. The third-order valence-corrected chi connectivity index (χ3v) is 4.79. The molecule has 4 rings (SSSR count). The van der Waals surface area contributed by atoms with E-state index in [2.05, 4.69) is 33.7 Å². The van der Waals surface area contributed by atoms with E-state index < -0.39 is 0 Å². The lowest BCUT2D eigenvalue weighted by Gasteiger charge is -2.18. The molecule has 0 bridgehead atoms. The maximum Gasteiger partial charge on any atom is 0.230 e. The molecule has 1 N–H and O–H groups in total. The number of hydrogen-bond acceptors (Lipinski definition) is 6. The first-order chi connectivity index (χ1) is 12.8. The van der Waals surface area contributed by atoms with E-state index in [1.54, 1.807) is 7.11 Å². The lowest BCUT2D eigenvalue weighted by atomic mass is 10.0. The van der Waals surface area contributed by atoms with Crippen molar-refractivity contribution in [1.82, 2.24) is 15.5 Å². The SMILES string of the molecule is COc1ccc2ccccc2c1CNCc1nnc(C2CCCOC2)o1. The van der Waals surface area contributed by atoms with Gasteiger partial charge in [0.2, 0.25) is 11.8 Å². The van der Waals surface area contributed by atoms with Crippen molar-refractivity contribution in [3.63, 3.8) is 0 Å². The Hall–Kier alpha value is -2.44. The Kier molecular flexibility index (Phi) is 5.13. The van der Waals surface area contributed by atoms with Gasteiger partial charge in [-0.25, -0.2) is 0 Å². The molecule has 6 nitrogen and oxygen atoms in total. The van der Waals surface area contributed by atoms with E-state index in [1.807, 2.05) is 18.2 Å². The molecule has 1 fully saturated rings. The molecular formula is C20H23N3O3. The first-order valence-corrected chi connectivity index (χ1v) is 9.00. The highest BCUT2D eigenvalue weighted by Crippen LogP contribution is 2.28. The van der Waals surface area contributed by atoms with Gasteiger partial charge in [-0.2, -0.15) is 0 Å². The maximum absolute atomic E-state index is 5.81. The first-order valence-electron chi connectivity index (χ1n) is 9.00. The van der Waals surface area contributed by atoms with Crippen LogP contribution in [-0.4, -0.2) is 30.5 Å². The molecule has 1 aromatic heterocycles. The first kappa shape index (κ1) is 17.0. The van der Waals surface area contributed by atoms with Crippen LogP contribution < -0.4 is 10.1 Å². The standard InChI is InChI=1S/C20H23N3O3/c1-24-18-9-8-14-5-2-3-7-16(14)17(18)11-21-12-19-22-23-20(26-19)15-6-4-10-25-13-15/h2-3,5,7-9,15,21H,4,6,10-13H2,1H3. The third-order valence-electron chi connectivity index (χ3n) is 4.79. The Morgan fingerprint density at radius 1 is 1.15 bits per heavy atom. The predicted octanol–water partition coefficient (Wildman–Crippen LogP) is 3.42. The summed E-state index contributed by atoms with van der Waals surface area (Å²) >= 11 is 0. The molecule has 1 atom stereocenters. The molecule has 0 radical (unpaired) electrons. The zero-order valence-electron chi connectivity index (χ0n) is 14.9. The van der Waals surface area contributed by atoms with Crippen LogP contribution in [-0.2, 0) is 17.8 Å². The molecule has 0 spiro atoms. The number of hydrogen-bond donors (Lipinski definition) is 1. The van der Waals surface area contributed by atoms with Crippen molar-refractivity contribution in [3.05, 3.63) is 53.7 Å². The average Bonchev–Trinajstić information content (AvgIpc) is 3.18. The number of aromatic nitrogens is 2. The maximum atomic E-state index is 5.81. The Bertz CT molecular complexity index is 872.